The Morgan fingerprint density at radius 1 is 1.29 bits per heavy atom. The summed E-state index contributed by atoms with van der Waals surface area (Å²) in [5, 5.41) is 3.56. The summed E-state index contributed by atoms with van der Waals surface area (Å²) in [5.74, 6) is 0. The van der Waals surface area contributed by atoms with Crippen LogP contribution in [0.5, 0.6) is 0 Å². The second-order valence-electron chi connectivity index (χ2n) is 6.21. The Labute approximate surface area is 135 Å². The molecule has 0 radical (unpaired) electrons. The Bertz CT molecular complexity index is 455. The maximum absolute atomic E-state index is 3.56. The molecular weight excluding hydrogens is 282 g/mol. The molecule has 1 N–H and O–H groups in total. The van der Waals surface area contributed by atoms with Crippen LogP contribution in [0.2, 0.25) is 0 Å². The van der Waals surface area contributed by atoms with Crippen molar-refractivity contribution >= 4 is 18.1 Å². The summed E-state index contributed by atoms with van der Waals surface area (Å²) in [7, 11) is 2.29. The van der Waals surface area contributed by atoms with Crippen LogP contribution in [-0.4, -0.2) is 49.1 Å². The maximum atomic E-state index is 3.56. The highest BCUT2D eigenvalue weighted by Crippen LogP contribution is 2.28. The van der Waals surface area contributed by atoms with Gasteiger partial charge < -0.3 is 10.2 Å². The van der Waals surface area contributed by atoms with Crippen LogP contribution in [0.1, 0.15) is 30.9 Å². The highest BCUT2D eigenvalue weighted by molar-refractivity contribution is 5.85. The van der Waals surface area contributed by atoms with Crippen LogP contribution >= 0.6 is 12.4 Å². The first-order valence-electron chi connectivity index (χ1n) is 8.05. The van der Waals surface area contributed by atoms with Crippen molar-refractivity contribution in [2.45, 2.75) is 38.8 Å². The standard InChI is InChI=1S/C17H27N3.ClH/c1-3-20-11-8-16(9-12-20)19(2)13-15-6-4-5-14-7-10-18-17(14)15;/h4-6,16,18H,3,7-13H2,1-2H3;1H. The third kappa shape index (κ3) is 3.71. The summed E-state index contributed by atoms with van der Waals surface area (Å²) in [6, 6.07) is 7.51. The molecule has 21 heavy (non-hydrogen) atoms. The lowest BCUT2D eigenvalue weighted by Gasteiger charge is -2.36. The number of hydrogen-bond acceptors (Lipinski definition) is 3. The molecule has 3 rings (SSSR count). The molecule has 0 aromatic heterocycles. The van der Waals surface area contributed by atoms with E-state index in [0.29, 0.717) is 0 Å². The van der Waals surface area contributed by atoms with Gasteiger partial charge in [0.2, 0.25) is 0 Å². The monoisotopic (exact) mass is 309 g/mol. The summed E-state index contributed by atoms with van der Waals surface area (Å²) in [4.78, 5) is 5.12. The van der Waals surface area contributed by atoms with Gasteiger partial charge in [-0.3, -0.25) is 4.90 Å². The van der Waals surface area contributed by atoms with E-state index in [4.69, 9.17) is 0 Å². The minimum absolute atomic E-state index is 0. The third-order valence-corrected chi connectivity index (χ3v) is 4.98. The molecule has 3 nitrogen and oxygen atoms in total. The number of fused-ring (bicyclic) bond motifs is 1. The van der Waals surface area contributed by atoms with Crippen LogP contribution in [0, 0.1) is 0 Å². The van der Waals surface area contributed by atoms with E-state index >= 15 is 0 Å². The molecule has 0 bridgehead atoms. The predicted octanol–water partition coefficient (Wildman–Crippen LogP) is 2.99. The summed E-state index contributed by atoms with van der Waals surface area (Å²) in [6.07, 6.45) is 3.81. The van der Waals surface area contributed by atoms with E-state index in [2.05, 4.69) is 47.3 Å². The van der Waals surface area contributed by atoms with Crippen molar-refractivity contribution in [3.63, 3.8) is 0 Å². The van der Waals surface area contributed by atoms with Crippen molar-refractivity contribution in [1.82, 2.24) is 9.80 Å². The summed E-state index contributed by atoms with van der Waals surface area (Å²) in [5.41, 5.74) is 4.38. The number of halogens is 1. The third-order valence-electron chi connectivity index (χ3n) is 4.98. The van der Waals surface area contributed by atoms with Crippen molar-refractivity contribution in [3.8, 4) is 0 Å². The average Bonchev–Trinajstić information content (AvgIpc) is 2.97. The molecule has 0 saturated carbocycles. The number of benzene rings is 1. The molecule has 1 aromatic rings. The van der Waals surface area contributed by atoms with Gasteiger partial charge in [-0.15, -0.1) is 12.4 Å². The zero-order valence-electron chi connectivity index (χ0n) is 13.3. The van der Waals surface area contributed by atoms with Crippen LogP contribution in [0.4, 0.5) is 5.69 Å². The average molecular weight is 310 g/mol. The number of hydrogen-bond donors (Lipinski definition) is 1. The number of rotatable bonds is 4. The molecule has 1 saturated heterocycles. The molecular formula is C17H28ClN3. The van der Waals surface area contributed by atoms with Gasteiger partial charge in [-0.25, -0.2) is 0 Å². The van der Waals surface area contributed by atoms with E-state index in [1.807, 2.05) is 0 Å². The van der Waals surface area contributed by atoms with Gasteiger partial charge in [-0.2, -0.15) is 0 Å². The molecule has 2 aliphatic rings. The summed E-state index contributed by atoms with van der Waals surface area (Å²) < 4.78 is 0. The Morgan fingerprint density at radius 2 is 2.05 bits per heavy atom. The molecule has 2 aliphatic heterocycles. The van der Waals surface area contributed by atoms with Gasteiger partial charge in [-0.05, 0) is 57.1 Å². The SMILES string of the molecule is CCN1CCC(N(C)Cc2cccc3c2NCC3)CC1.Cl. The van der Waals surface area contributed by atoms with Crippen LogP contribution in [0.15, 0.2) is 18.2 Å². The molecule has 1 fully saturated rings. The second-order valence-corrected chi connectivity index (χ2v) is 6.21. The molecule has 0 aliphatic carbocycles. The highest BCUT2D eigenvalue weighted by Gasteiger charge is 2.23. The molecule has 0 amide bonds. The van der Waals surface area contributed by atoms with Crippen molar-refractivity contribution in [2.24, 2.45) is 0 Å². The number of nitrogens with one attached hydrogen (secondary N) is 1. The predicted molar refractivity (Wildman–Crippen MR) is 92.5 cm³/mol. The minimum Gasteiger partial charge on any atom is -0.384 e. The van der Waals surface area contributed by atoms with Crippen LogP contribution in [-0.2, 0) is 13.0 Å². The van der Waals surface area contributed by atoms with Crippen LogP contribution in [0.25, 0.3) is 0 Å². The molecule has 0 unspecified atom stereocenters. The van der Waals surface area contributed by atoms with Crippen LogP contribution in [0.3, 0.4) is 0 Å². The van der Waals surface area contributed by atoms with Gasteiger partial charge in [0.05, 0.1) is 0 Å². The summed E-state index contributed by atoms with van der Waals surface area (Å²) >= 11 is 0. The molecule has 4 heteroatoms. The Kier molecular flexibility index (Phi) is 5.91. The number of piperidine rings is 1. The minimum atomic E-state index is 0. The van der Waals surface area contributed by atoms with Crippen LogP contribution < -0.4 is 5.32 Å². The van der Waals surface area contributed by atoms with Gasteiger partial charge in [0.1, 0.15) is 0 Å². The number of para-hydroxylation sites is 1. The number of anilines is 1. The molecule has 1 aromatic carbocycles. The lowest BCUT2D eigenvalue weighted by atomic mass is 10.0. The fourth-order valence-corrected chi connectivity index (χ4v) is 3.62. The number of nitrogens with zero attached hydrogens (tertiary/aromatic N) is 2. The molecule has 0 spiro atoms. The van der Waals surface area contributed by atoms with Gasteiger partial charge >= 0.3 is 0 Å². The normalized spacial score (nSPS) is 19.2. The molecule has 2 heterocycles. The van der Waals surface area contributed by atoms with Gasteiger partial charge in [0.25, 0.3) is 0 Å². The van der Waals surface area contributed by atoms with E-state index in [1.165, 1.54) is 55.7 Å². The van der Waals surface area contributed by atoms with Gasteiger partial charge in [0.15, 0.2) is 0 Å². The second kappa shape index (κ2) is 7.48. The van der Waals surface area contributed by atoms with Crippen molar-refractivity contribution in [3.05, 3.63) is 29.3 Å². The Morgan fingerprint density at radius 3 is 2.76 bits per heavy atom. The van der Waals surface area contributed by atoms with E-state index in [1.54, 1.807) is 0 Å². The summed E-state index contributed by atoms with van der Waals surface area (Å²) in [6.45, 7) is 8.17. The maximum Gasteiger partial charge on any atom is 0.0419 e. The fourth-order valence-electron chi connectivity index (χ4n) is 3.62. The Balaban J connectivity index is 0.00000161. The lowest BCUT2D eigenvalue weighted by Crippen LogP contribution is -2.42. The lowest BCUT2D eigenvalue weighted by molar-refractivity contribution is 0.127. The van der Waals surface area contributed by atoms with Gasteiger partial charge in [-0.1, -0.05) is 25.1 Å². The first-order valence-corrected chi connectivity index (χ1v) is 8.05. The van der Waals surface area contributed by atoms with E-state index in [0.717, 1.165) is 19.1 Å². The quantitative estimate of drug-likeness (QED) is 0.922. The van der Waals surface area contributed by atoms with Gasteiger partial charge in [0, 0.05) is 24.8 Å². The van der Waals surface area contributed by atoms with Crippen molar-refractivity contribution < 1.29 is 0 Å². The van der Waals surface area contributed by atoms with Crippen molar-refractivity contribution in [2.75, 3.05) is 38.5 Å². The highest BCUT2D eigenvalue weighted by atomic mass is 35.5. The zero-order chi connectivity index (χ0) is 13.9. The van der Waals surface area contributed by atoms with Crippen molar-refractivity contribution in [1.29, 1.82) is 0 Å². The Hall–Kier alpha value is -0.770. The van der Waals surface area contributed by atoms with E-state index in [-0.39, 0.29) is 12.4 Å². The first-order chi connectivity index (χ1) is 9.78. The molecule has 118 valence electrons. The first kappa shape index (κ1) is 16.6. The number of likely N-dealkylation sites (tertiary alicyclic amines) is 1. The van der Waals surface area contributed by atoms with E-state index < -0.39 is 0 Å². The fraction of sp³-hybridized carbons (Fsp3) is 0.647. The molecule has 0 atom stereocenters. The smallest absolute Gasteiger partial charge is 0.0419 e. The largest absolute Gasteiger partial charge is 0.384 e. The zero-order valence-corrected chi connectivity index (χ0v) is 14.1. The topological polar surface area (TPSA) is 18.5 Å². The van der Waals surface area contributed by atoms with E-state index in [9.17, 15) is 0 Å².